The highest BCUT2D eigenvalue weighted by Gasteiger charge is 2.47. The Hall–Kier alpha value is -2.68. The van der Waals surface area contributed by atoms with Crippen LogP contribution in [0.25, 0.3) is 0 Å². The average Bonchev–Trinajstić information content (AvgIpc) is 2.86. The van der Waals surface area contributed by atoms with Crippen molar-refractivity contribution in [3.05, 3.63) is 72.3 Å². The van der Waals surface area contributed by atoms with Crippen molar-refractivity contribution < 1.29 is 4.74 Å². The van der Waals surface area contributed by atoms with Crippen molar-refractivity contribution in [2.45, 2.75) is 25.2 Å². The first-order valence-corrected chi connectivity index (χ1v) is 8.75. The summed E-state index contributed by atoms with van der Waals surface area (Å²) < 4.78 is 5.19. The van der Waals surface area contributed by atoms with Crippen LogP contribution >= 0.6 is 0 Å². The summed E-state index contributed by atoms with van der Waals surface area (Å²) in [5.74, 6) is 0.842. The molecule has 0 N–H and O–H groups in total. The minimum absolute atomic E-state index is 0.235. The standard InChI is InChI=1S/C22H23N2O/c1-22(2)19-8-4-6-16-7-5-15-24(21(16)19)20(22)13-14-23-17-9-11-18(25-3)12-10-17/h4,6,8-14H,1,5,7,15H2,2-3H3/q+1/b20-13-,23-14?. The quantitative estimate of drug-likeness (QED) is 0.594. The summed E-state index contributed by atoms with van der Waals surface area (Å²) in [5.41, 5.74) is 6.05. The molecule has 2 heterocycles. The molecule has 0 amide bonds. The van der Waals surface area contributed by atoms with Gasteiger partial charge in [-0.05, 0) is 55.7 Å². The van der Waals surface area contributed by atoms with Crippen molar-refractivity contribution in [1.82, 2.24) is 0 Å². The van der Waals surface area contributed by atoms with Crippen LogP contribution in [0.1, 0.15) is 24.5 Å². The normalized spacial score (nSPS) is 23.3. The number of aliphatic imine (C=N–C) groups is 1. The molecule has 0 bridgehead atoms. The molecule has 0 aromatic heterocycles. The molecular formula is C22H23N2O+. The van der Waals surface area contributed by atoms with Gasteiger partial charge in [-0.1, -0.05) is 18.2 Å². The molecule has 1 unspecified atom stereocenters. The van der Waals surface area contributed by atoms with Gasteiger partial charge in [-0.15, -0.1) is 0 Å². The number of benzene rings is 2. The summed E-state index contributed by atoms with van der Waals surface area (Å²) in [6.45, 7) is 7.77. The Morgan fingerprint density at radius 1 is 1.20 bits per heavy atom. The highest BCUT2D eigenvalue weighted by molar-refractivity contribution is 5.83. The van der Waals surface area contributed by atoms with Gasteiger partial charge in [0.1, 0.15) is 5.75 Å². The van der Waals surface area contributed by atoms with Crippen molar-refractivity contribution >= 4 is 17.6 Å². The maximum Gasteiger partial charge on any atom is 0.169 e. The molecule has 0 saturated carbocycles. The van der Waals surface area contributed by atoms with E-state index in [4.69, 9.17) is 4.74 Å². The SMILES string of the molecule is [CH2+]C1(C)/C(=C/C=Nc2ccc(OC)cc2)N2CCCc3cccc1c32. The number of methoxy groups -OCH3 is 1. The zero-order valence-electron chi connectivity index (χ0n) is 14.8. The topological polar surface area (TPSA) is 24.8 Å². The number of rotatable bonds is 3. The first kappa shape index (κ1) is 15.8. The lowest BCUT2D eigenvalue weighted by atomic mass is 9.83. The molecule has 2 aromatic rings. The van der Waals surface area contributed by atoms with Gasteiger partial charge in [-0.25, -0.2) is 0 Å². The lowest BCUT2D eigenvalue weighted by Gasteiger charge is -2.28. The van der Waals surface area contributed by atoms with E-state index in [9.17, 15) is 0 Å². The van der Waals surface area contributed by atoms with E-state index in [1.54, 1.807) is 7.11 Å². The summed E-state index contributed by atoms with van der Waals surface area (Å²) in [7, 11) is 1.67. The first-order chi connectivity index (χ1) is 12.1. The van der Waals surface area contributed by atoms with E-state index in [0.29, 0.717) is 0 Å². The number of hydrogen-bond donors (Lipinski definition) is 0. The van der Waals surface area contributed by atoms with E-state index in [0.717, 1.165) is 24.4 Å². The molecule has 4 rings (SSSR count). The van der Waals surface area contributed by atoms with Crippen LogP contribution in [0.15, 0.2) is 59.2 Å². The van der Waals surface area contributed by atoms with Crippen molar-refractivity contribution in [2.24, 2.45) is 4.99 Å². The molecule has 0 saturated heterocycles. The van der Waals surface area contributed by atoms with Gasteiger partial charge in [0.05, 0.1) is 31.1 Å². The predicted molar refractivity (Wildman–Crippen MR) is 104 cm³/mol. The van der Waals surface area contributed by atoms with Gasteiger partial charge in [-0.2, -0.15) is 0 Å². The third-order valence-corrected chi connectivity index (χ3v) is 5.20. The zero-order valence-corrected chi connectivity index (χ0v) is 14.8. The number of hydrogen-bond acceptors (Lipinski definition) is 3. The van der Waals surface area contributed by atoms with Crippen molar-refractivity contribution in [2.75, 3.05) is 18.6 Å². The fraction of sp³-hybridized carbons (Fsp3) is 0.273. The van der Waals surface area contributed by atoms with Crippen LogP contribution in [-0.4, -0.2) is 19.9 Å². The third-order valence-electron chi connectivity index (χ3n) is 5.20. The van der Waals surface area contributed by atoms with E-state index in [1.807, 2.05) is 30.5 Å². The Morgan fingerprint density at radius 2 is 2.00 bits per heavy atom. The average molecular weight is 331 g/mol. The Balaban J connectivity index is 1.66. The largest absolute Gasteiger partial charge is 0.497 e. The number of para-hydroxylation sites is 1. The van der Waals surface area contributed by atoms with E-state index < -0.39 is 0 Å². The molecule has 0 fully saturated rings. The lowest BCUT2D eigenvalue weighted by molar-refractivity contribution is 0.415. The molecule has 3 nitrogen and oxygen atoms in total. The van der Waals surface area contributed by atoms with Crippen LogP contribution in [-0.2, 0) is 11.8 Å². The molecule has 0 spiro atoms. The van der Waals surface area contributed by atoms with Gasteiger partial charge >= 0.3 is 0 Å². The van der Waals surface area contributed by atoms with Crippen molar-refractivity contribution in [3.8, 4) is 5.75 Å². The Kier molecular flexibility index (Phi) is 3.79. The fourth-order valence-corrected chi connectivity index (χ4v) is 3.91. The molecular weight excluding hydrogens is 308 g/mol. The highest BCUT2D eigenvalue weighted by Crippen LogP contribution is 2.50. The molecule has 0 aliphatic carbocycles. The van der Waals surface area contributed by atoms with Gasteiger partial charge < -0.3 is 9.64 Å². The third kappa shape index (κ3) is 2.60. The van der Waals surface area contributed by atoms with Gasteiger partial charge in [0.25, 0.3) is 0 Å². The van der Waals surface area contributed by atoms with Crippen LogP contribution in [0.4, 0.5) is 11.4 Å². The number of anilines is 1. The predicted octanol–water partition coefficient (Wildman–Crippen LogP) is 4.84. The monoisotopic (exact) mass is 331 g/mol. The van der Waals surface area contributed by atoms with E-state index in [-0.39, 0.29) is 5.41 Å². The number of aryl methyl sites for hydroxylation is 1. The summed E-state index contributed by atoms with van der Waals surface area (Å²) in [6.07, 6.45) is 6.34. The minimum Gasteiger partial charge on any atom is -0.497 e. The smallest absolute Gasteiger partial charge is 0.169 e. The molecule has 126 valence electrons. The Labute approximate surface area is 149 Å². The Bertz CT molecular complexity index is 847. The van der Waals surface area contributed by atoms with E-state index in [1.165, 1.54) is 28.9 Å². The molecule has 3 heteroatoms. The number of ether oxygens (including phenoxy) is 1. The lowest BCUT2D eigenvalue weighted by Crippen LogP contribution is -2.29. The van der Waals surface area contributed by atoms with Crippen LogP contribution in [0, 0.1) is 6.92 Å². The fourth-order valence-electron chi connectivity index (χ4n) is 3.91. The molecule has 1 atom stereocenters. The molecule has 25 heavy (non-hydrogen) atoms. The summed E-state index contributed by atoms with van der Waals surface area (Å²) in [6, 6.07) is 14.4. The van der Waals surface area contributed by atoms with Crippen LogP contribution in [0.5, 0.6) is 5.75 Å². The first-order valence-electron chi connectivity index (χ1n) is 8.75. The van der Waals surface area contributed by atoms with Gasteiger partial charge in [0.2, 0.25) is 0 Å². The van der Waals surface area contributed by atoms with Crippen LogP contribution in [0.2, 0.25) is 0 Å². The van der Waals surface area contributed by atoms with Crippen LogP contribution in [0.3, 0.4) is 0 Å². The summed E-state index contributed by atoms with van der Waals surface area (Å²) in [4.78, 5) is 7.00. The number of nitrogens with zero attached hydrogens (tertiary/aromatic N) is 2. The van der Waals surface area contributed by atoms with Crippen LogP contribution < -0.4 is 9.64 Å². The summed E-state index contributed by atoms with van der Waals surface area (Å²) >= 11 is 0. The van der Waals surface area contributed by atoms with Gasteiger partial charge in [0.15, 0.2) is 5.41 Å². The van der Waals surface area contributed by atoms with E-state index in [2.05, 4.69) is 48.0 Å². The maximum atomic E-state index is 5.19. The molecule has 2 aliphatic rings. The van der Waals surface area contributed by atoms with Crippen molar-refractivity contribution in [3.63, 3.8) is 0 Å². The molecule has 2 aromatic carbocycles. The minimum atomic E-state index is -0.235. The molecule has 0 radical (unpaired) electrons. The Morgan fingerprint density at radius 3 is 2.76 bits per heavy atom. The highest BCUT2D eigenvalue weighted by atomic mass is 16.5. The van der Waals surface area contributed by atoms with Crippen molar-refractivity contribution in [1.29, 1.82) is 0 Å². The second-order valence-electron chi connectivity index (χ2n) is 6.93. The second-order valence-corrected chi connectivity index (χ2v) is 6.93. The number of allylic oxidation sites excluding steroid dienone is 2. The maximum absolute atomic E-state index is 5.19. The van der Waals surface area contributed by atoms with Gasteiger partial charge in [0, 0.05) is 18.3 Å². The van der Waals surface area contributed by atoms with E-state index >= 15 is 0 Å². The second kappa shape index (κ2) is 5.99. The zero-order chi connectivity index (χ0) is 17.4. The molecule has 2 aliphatic heterocycles. The van der Waals surface area contributed by atoms with Gasteiger partial charge in [-0.3, -0.25) is 4.99 Å². The summed E-state index contributed by atoms with van der Waals surface area (Å²) in [5, 5.41) is 0.